The summed E-state index contributed by atoms with van der Waals surface area (Å²) < 4.78 is 37.5. The molecule has 2 unspecified atom stereocenters. The molecule has 2 N–H and O–H groups in total. The highest BCUT2D eigenvalue weighted by atomic mass is 19.4. The lowest BCUT2D eigenvalue weighted by Gasteiger charge is -2.20. The monoisotopic (exact) mass is 280 g/mol. The Hall–Kier alpha value is -1.88. The Bertz CT molecular complexity index is 550. The topological polar surface area (TPSA) is 38.9 Å². The van der Waals surface area contributed by atoms with Gasteiger partial charge >= 0.3 is 6.18 Å². The third-order valence-corrected chi connectivity index (χ3v) is 3.32. The van der Waals surface area contributed by atoms with Crippen LogP contribution in [0, 0.1) is 0 Å². The molecule has 1 aromatic carbocycles. The third kappa shape index (κ3) is 3.17. The minimum atomic E-state index is -4.32. The van der Waals surface area contributed by atoms with Crippen molar-refractivity contribution < 1.29 is 13.2 Å². The van der Waals surface area contributed by atoms with Crippen molar-refractivity contribution in [2.45, 2.75) is 25.1 Å². The summed E-state index contributed by atoms with van der Waals surface area (Å²) in [4.78, 5) is 4.22. The molecule has 2 aromatic rings. The molecule has 0 saturated carbocycles. The SMILES string of the molecule is CC(c1ccccn1)C(N)c1ccc(C(F)(F)F)cc1. The van der Waals surface area contributed by atoms with Crippen LogP contribution in [0.2, 0.25) is 0 Å². The van der Waals surface area contributed by atoms with Gasteiger partial charge in [0, 0.05) is 23.9 Å². The second kappa shape index (κ2) is 5.63. The smallest absolute Gasteiger partial charge is 0.323 e. The van der Waals surface area contributed by atoms with E-state index in [4.69, 9.17) is 5.73 Å². The molecule has 0 amide bonds. The van der Waals surface area contributed by atoms with Crippen LogP contribution in [0.4, 0.5) is 13.2 Å². The molecule has 0 aliphatic carbocycles. The summed E-state index contributed by atoms with van der Waals surface area (Å²) in [7, 11) is 0. The van der Waals surface area contributed by atoms with Gasteiger partial charge < -0.3 is 5.73 Å². The molecule has 0 radical (unpaired) electrons. The van der Waals surface area contributed by atoms with Gasteiger partial charge in [-0.25, -0.2) is 0 Å². The molecular weight excluding hydrogens is 265 g/mol. The van der Waals surface area contributed by atoms with E-state index < -0.39 is 17.8 Å². The Kier molecular flexibility index (Phi) is 4.09. The van der Waals surface area contributed by atoms with Crippen LogP contribution in [0.15, 0.2) is 48.7 Å². The van der Waals surface area contributed by atoms with Crippen LogP contribution in [0.3, 0.4) is 0 Å². The van der Waals surface area contributed by atoms with Crippen LogP contribution >= 0.6 is 0 Å². The third-order valence-electron chi connectivity index (χ3n) is 3.32. The largest absolute Gasteiger partial charge is 0.416 e. The van der Waals surface area contributed by atoms with Gasteiger partial charge in [-0.3, -0.25) is 4.98 Å². The van der Waals surface area contributed by atoms with E-state index in [9.17, 15) is 13.2 Å². The first-order chi connectivity index (χ1) is 9.39. The Morgan fingerprint density at radius 1 is 1.05 bits per heavy atom. The average Bonchev–Trinajstić information content (AvgIpc) is 2.46. The van der Waals surface area contributed by atoms with Gasteiger partial charge in [-0.15, -0.1) is 0 Å². The number of nitrogens with zero attached hydrogens (tertiary/aromatic N) is 1. The predicted molar refractivity (Wildman–Crippen MR) is 71.0 cm³/mol. The molecule has 0 saturated heterocycles. The van der Waals surface area contributed by atoms with E-state index in [-0.39, 0.29) is 5.92 Å². The quantitative estimate of drug-likeness (QED) is 0.926. The number of hydrogen-bond donors (Lipinski definition) is 1. The molecule has 0 aliphatic rings. The average molecular weight is 280 g/mol. The fraction of sp³-hybridized carbons (Fsp3) is 0.267. The molecule has 0 bridgehead atoms. The van der Waals surface area contributed by atoms with Gasteiger partial charge in [0.15, 0.2) is 0 Å². The fourth-order valence-electron chi connectivity index (χ4n) is 2.01. The molecular formula is C15H15F3N2. The maximum Gasteiger partial charge on any atom is 0.416 e. The maximum atomic E-state index is 12.5. The lowest BCUT2D eigenvalue weighted by molar-refractivity contribution is -0.137. The molecule has 20 heavy (non-hydrogen) atoms. The Morgan fingerprint density at radius 3 is 2.20 bits per heavy atom. The second-order valence-electron chi connectivity index (χ2n) is 4.69. The minimum absolute atomic E-state index is 0.0760. The van der Waals surface area contributed by atoms with Crippen molar-refractivity contribution in [1.82, 2.24) is 4.98 Å². The van der Waals surface area contributed by atoms with E-state index in [0.29, 0.717) is 5.56 Å². The van der Waals surface area contributed by atoms with E-state index in [0.717, 1.165) is 17.8 Å². The lowest BCUT2D eigenvalue weighted by Crippen LogP contribution is -2.18. The molecule has 2 nitrogen and oxygen atoms in total. The zero-order chi connectivity index (χ0) is 14.8. The van der Waals surface area contributed by atoms with Gasteiger partial charge in [-0.05, 0) is 29.8 Å². The van der Waals surface area contributed by atoms with E-state index in [1.807, 2.05) is 19.1 Å². The summed E-state index contributed by atoms with van der Waals surface area (Å²) in [5, 5.41) is 0. The van der Waals surface area contributed by atoms with Crippen molar-refractivity contribution in [3.8, 4) is 0 Å². The number of aromatic nitrogens is 1. The number of benzene rings is 1. The first kappa shape index (κ1) is 14.5. The van der Waals surface area contributed by atoms with Crippen LogP contribution in [0.25, 0.3) is 0 Å². The molecule has 5 heteroatoms. The summed E-state index contributed by atoms with van der Waals surface area (Å²) >= 11 is 0. The molecule has 106 valence electrons. The number of rotatable bonds is 3. The van der Waals surface area contributed by atoms with Crippen LogP contribution in [-0.4, -0.2) is 4.98 Å². The van der Waals surface area contributed by atoms with E-state index in [1.165, 1.54) is 12.1 Å². The summed E-state index contributed by atoms with van der Waals surface area (Å²) in [6.07, 6.45) is -2.65. The molecule has 2 rings (SSSR count). The zero-order valence-corrected chi connectivity index (χ0v) is 10.9. The number of hydrogen-bond acceptors (Lipinski definition) is 2. The van der Waals surface area contributed by atoms with Crippen LogP contribution in [0.5, 0.6) is 0 Å². The van der Waals surface area contributed by atoms with Gasteiger partial charge in [-0.2, -0.15) is 13.2 Å². The summed E-state index contributed by atoms with van der Waals surface area (Å²) in [6, 6.07) is 10.1. The van der Waals surface area contributed by atoms with Crippen molar-refractivity contribution in [3.05, 3.63) is 65.5 Å². The zero-order valence-electron chi connectivity index (χ0n) is 10.9. The van der Waals surface area contributed by atoms with E-state index in [1.54, 1.807) is 12.3 Å². The Labute approximate surface area is 115 Å². The van der Waals surface area contributed by atoms with Crippen LogP contribution in [0.1, 0.15) is 35.7 Å². The van der Waals surface area contributed by atoms with Crippen LogP contribution in [-0.2, 0) is 6.18 Å². The van der Waals surface area contributed by atoms with Crippen molar-refractivity contribution in [2.75, 3.05) is 0 Å². The Balaban J connectivity index is 2.19. The van der Waals surface area contributed by atoms with E-state index in [2.05, 4.69) is 4.98 Å². The molecule has 0 spiro atoms. The van der Waals surface area contributed by atoms with Crippen molar-refractivity contribution in [2.24, 2.45) is 5.73 Å². The fourth-order valence-corrected chi connectivity index (χ4v) is 2.01. The van der Waals surface area contributed by atoms with Gasteiger partial charge in [0.2, 0.25) is 0 Å². The number of halogens is 3. The first-order valence-corrected chi connectivity index (χ1v) is 6.23. The highest BCUT2D eigenvalue weighted by molar-refractivity contribution is 5.29. The number of nitrogens with two attached hydrogens (primary N) is 1. The van der Waals surface area contributed by atoms with Gasteiger partial charge in [0.05, 0.1) is 5.56 Å². The summed E-state index contributed by atoms with van der Waals surface area (Å²) in [5.74, 6) is -0.0760. The Morgan fingerprint density at radius 2 is 1.70 bits per heavy atom. The molecule has 0 aliphatic heterocycles. The van der Waals surface area contributed by atoms with E-state index >= 15 is 0 Å². The summed E-state index contributed by atoms with van der Waals surface area (Å²) in [6.45, 7) is 1.91. The van der Waals surface area contributed by atoms with Gasteiger partial charge in [0.25, 0.3) is 0 Å². The normalized spacial score (nSPS) is 14.8. The number of pyridine rings is 1. The van der Waals surface area contributed by atoms with Crippen molar-refractivity contribution in [3.63, 3.8) is 0 Å². The number of alkyl halides is 3. The highest BCUT2D eigenvalue weighted by Crippen LogP contribution is 2.32. The highest BCUT2D eigenvalue weighted by Gasteiger charge is 2.30. The second-order valence-corrected chi connectivity index (χ2v) is 4.69. The molecule has 1 aromatic heterocycles. The first-order valence-electron chi connectivity index (χ1n) is 6.23. The molecule has 1 heterocycles. The molecule has 0 fully saturated rings. The summed E-state index contributed by atoms with van der Waals surface area (Å²) in [5.41, 5.74) is 6.92. The van der Waals surface area contributed by atoms with Crippen molar-refractivity contribution in [1.29, 1.82) is 0 Å². The standard InChI is InChI=1S/C15H15F3N2/c1-10(13-4-2-3-9-20-13)14(19)11-5-7-12(8-6-11)15(16,17)18/h2-10,14H,19H2,1H3. The molecule has 2 atom stereocenters. The maximum absolute atomic E-state index is 12.5. The van der Waals surface area contributed by atoms with Crippen LogP contribution < -0.4 is 5.73 Å². The van der Waals surface area contributed by atoms with Gasteiger partial charge in [0.1, 0.15) is 0 Å². The minimum Gasteiger partial charge on any atom is -0.323 e. The lowest BCUT2D eigenvalue weighted by atomic mass is 9.92. The van der Waals surface area contributed by atoms with Gasteiger partial charge in [-0.1, -0.05) is 25.1 Å². The predicted octanol–water partition coefficient (Wildman–Crippen LogP) is 3.90. The van der Waals surface area contributed by atoms with Crippen molar-refractivity contribution >= 4 is 0 Å².